The number of hydrogen-bond acceptors (Lipinski definition) is 4. The van der Waals surface area contributed by atoms with Gasteiger partial charge in [0, 0.05) is 34.3 Å². The van der Waals surface area contributed by atoms with Crippen LogP contribution in [0.25, 0.3) is 11.3 Å². The first-order valence-electron chi connectivity index (χ1n) is 11.9. The molecule has 9 heteroatoms. The molecule has 37 heavy (non-hydrogen) atoms. The van der Waals surface area contributed by atoms with Crippen LogP contribution >= 0.6 is 11.6 Å². The molecule has 0 spiro atoms. The summed E-state index contributed by atoms with van der Waals surface area (Å²) < 4.78 is 14.5. The van der Waals surface area contributed by atoms with Crippen molar-refractivity contribution in [1.82, 2.24) is 15.1 Å². The fourth-order valence-electron chi connectivity index (χ4n) is 4.16. The van der Waals surface area contributed by atoms with Crippen LogP contribution in [0.1, 0.15) is 46.8 Å². The molecule has 1 aliphatic carbocycles. The molecular formula is C28H24ClFN4O3. The maximum Gasteiger partial charge on any atom is 0.342 e. The molecule has 1 aliphatic rings. The van der Waals surface area contributed by atoms with Gasteiger partial charge in [-0.3, -0.25) is 4.79 Å². The van der Waals surface area contributed by atoms with Gasteiger partial charge in [-0.15, -0.1) is 0 Å². The van der Waals surface area contributed by atoms with Crippen LogP contribution in [-0.2, 0) is 6.54 Å². The number of halogens is 2. The van der Waals surface area contributed by atoms with E-state index < -0.39 is 6.03 Å². The Balaban J connectivity index is 1.39. The van der Waals surface area contributed by atoms with Crippen molar-refractivity contribution in [3.63, 3.8) is 0 Å². The number of phenols is 1. The average molecular weight is 519 g/mol. The second-order valence-electron chi connectivity index (χ2n) is 8.97. The summed E-state index contributed by atoms with van der Waals surface area (Å²) >= 11 is 5.90. The second-order valence-corrected chi connectivity index (χ2v) is 9.41. The van der Waals surface area contributed by atoms with Crippen molar-refractivity contribution in [2.24, 2.45) is 0 Å². The van der Waals surface area contributed by atoms with Gasteiger partial charge < -0.3 is 15.7 Å². The van der Waals surface area contributed by atoms with E-state index in [9.17, 15) is 19.1 Å². The van der Waals surface area contributed by atoms with E-state index in [4.69, 9.17) is 11.6 Å². The highest BCUT2D eigenvalue weighted by atomic mass is 35.5. The van der Waals surface area contributed by atoms with Crippen molar-refractivity contribution in [3.05, 3.63) is 100 Å². The van der Waals surface area contributed by atoms with E-state index in [0.29, 0.717) is 27.5 Å². The molecule has 1 saturated carbocycles. The molecule has 4 aromatic rings. The van der Waals surface area contributed by atoms with Gasteiger partial charge in [0.25, 0.3) is 5.91 Å². The van der Waals surface area contributed by atoms with Gasteiger partial charge in [0.05, 0.1) is 11.4 Å². The lowest BCUT2D eigenvalue weighted by Gasteiger charge is -2.25. The minimum atomic E-state index is -0.413. The summed E-state index contributed by atoms with van der Waals surface area (Å²) in [5, 5.41) is 21.3. The Morgan fingerprint density at radius 1 is 1.03 bits per heavy atom. The Bertz CT molecular complexity index is 1450. The van der Waals surface area contributed by atoms with Crippen LogP contribution in [0.5, 0.6) is 5.75 Å². The topological polar surface area (TPSA) is 96.2 Å². The predicted octanol–water partition coefficient (Wildman–Crippen LogP) is 6.33. The highest BCUT2D eigenvalue weighted by Crippen LogP contribution is 2.39. The molecule has 0 atom stereocenters. The van der Waals surface area contributed by atoms with Gasteiger partial charge in [-0.05, 0) is 79.1 Å². The molecule has 3 N–H and O–H groups in total. The molecule has 0 unspecified atom stereocenters. The number of phenolic OH excluding ortho intramolecular Hbond substituents is 1. The number of rotatable bonds is 6. The molecule has 1 fully saturated rings. The fraction of sp³-hybridized carbons (Fsp3) is 0.179. The number of hydrogen-bond donors (Lipinski definition) is 3. The predicted molar refractivity (Wildman–Crippen MR) is 139 cm³/mol. The number of aromatic hydroxyl groups is 1. The highest BCUT2D eigenvalue weighted by Gasteiger charge is 2.27. The zero-order chi connectivity index (χ0) is 25.9. The number of aromatic nitrogens is 2. The van der Waals surface area contributed by atoms with Crippen molar-refractivity contribution in [2.75, 3.05) is 5.32 Å². The molecule has 5 rings (SSSR count). The fourth-order valence-corrected chi connectivity index (χ4v) is 4.29. The third-order valence-corrected chi connectivity index (χ3v) is 6.70. The molecule has 0 bridgehead atoms. The smallest absolute Gasteiger partial charge is 0.342 e. The normalized spacial score (nSPS) is 13.1. The zero-order valence-electron chi connectivity index (χ0n) is 19.7. The van der Waals surface area contributed by atoms with Crippen LogP contribution in [0.15, 0.2) is 72.8 Å². The lowest BCUT2D eigenvalue weighted by Crippen LogP contribution is -2.31. The Hall–Kier alpha value is -4.17. The number of carbonyl (C=O) groups excluding carboxylic acids is 2. The molecule has 0 radical (unpaired) electrons. The van der Waals surface area contributed by atoms with E-state index >= 15 is 0 Å². The van der Waals surface area contributed by atoms with Gasteiger partial charge >= 0.3 is 6.03 Å². The SMILES string of the molecule is O=C(Nc1ccc(O)c(-c2cc(C3CCC3)n(C(=O)NCc3ccc(F)cc3)n2)c1)c1ccc(Cl)cc1. The van der Waals surface area contributed by atoms with Crippen LogP contribution in [0.3, 0.4) is 0 Å². The largest absolute Gasteiger partial charge is 0.507 e. The number of nitrogens with zero attached hydrogens (tertiary/aromatic N) is 2. The van der Waals surface area contributed by atoms with Gasteiger partial charge in [-0.25, -0.2) is 9.18 Å². The van der Waals surface area contributed by atoms with E-state index in [1.807, 2.05) is 0 Å². The Labute approximate surface area is 217 Å². The monoisotopic (exact) mass is 518 g/mol. The van der Waals surface area contributed by atoms with Crippen LogP contribution < -0.4 is 10.6 Å². The molecule has 7 nitrogen and oxygen atoms in total. The van der Waals surface area contributed by atoms with Gasteiger partial charge in [0.1, 0.15) is 11.6 Å². The molecule has 0 aliphatic heterocycles. The number of benzene rings is 3. The van der Waals surface area contributed by atoms with Crippen LogP contribution in [0, 0.1) is 5.82 Å². The van der Waals surface area contributed by atoms with Gasteiger partial charge in [-0.1, -0.05) is 30.2 Å². The number of nitrogens with one attached hydrogen (secondary N) is 2. The van der Waals surface area contributed by atoms with Crippen LogP contribution in [-0.4, -0.2) is 26.8 Å². The summed E-state index contributed by atoms with van der Waals surface area (Å²) in [5.41, 5.74) is 3.22. The highest BCUT2D eigenvalue weighted by molar-refractivity contribution is 6.30. The molecule has 3 aromatic carbocycles. The van der Waals surface area contributed by atoms with Gasteiger partial charge in [0.2, 0.25) is 0 Å². The molecule has 1 aromatic heterocycles. The lowest BCUT2D eigenvalue weighted by atomic mass is 9.82. The van der Waals surface area contributed by atoms with Crippen molar-refractivity contribution in [2.45, 2.75) is 31.7 Å². The first-order chi connectivity index (χ1) is 17.9. The summed E-state index contributed by atoms with van der Waals surface area (Å²) in [7, 11) is 0. The Morgan fingerprint density at radius 2 is 1.76 bits per heavy atom. The average Bonchev–Trinajstić information content (AvgIpc) is 3.28. The third-order valence-electron chi connectivity index (χ3n) is 6.45. The minimum Gasteiger partial charge on any atom is -0.507 e. The van der Waals surface area contributed by atoms with Crippen molar-refractivity contribution in [3.8, 4) is 17.0 Å². The number of amides is 2. The minimum absolute atomic E-state index is 0.0268. The summed E-state index contributed by atoms with van der Waals surface area (Å²) in [4.78, 5) is 25.7. The number of anilines is 1. The molecule has 1 heterocycles. The molecule has 188 valence electrons. The van der Waals surface area contributed by atoms with E-state index in [0.717, 1.165) is 30.5 Å². The summed E-state index contributed by atoms with van der Waals surface area (Å²) in [6.45, 7) is 0.218. The second kappa shape index (κ2) is 10.4. The Morgan fingerprint density at radius 3 is 2.43 bits per heavy atom. The van der Waals surface area contributed by atoms with Gasteiger partial charge in [0.15, 0.2) is 0 Å². The van der Waals surface area contributed by atoms with E-state index in [1.165, 1.54) is 22.9 Å². The quantitative estimate of drug-likeness (QED) is 0.260. The van der Waals surface area contributed by atoms with E-state index in [-0.39, 0.29) is 29.9 Å². The van der Waals surface area contributed by atoms with Crippen molar-refractivity contribution in [1.29, 1.82) is 0 Å². The zero-order valence-corrected chi connectivity index (χ0v) is 20.5. The van der Waals surface area contributed by atoms with Crippen molar-refractivity contribution < 1.29 is 19.1 Å². The maximum absolute atomic E-state index is 13.2. The number of carbonyl (C=O) groups is 2. The molecule has 0 saturated heterocycles. The first-order valence-corrected chi connectivity index (χ1v) is 12.3. The summed E-state index contributed by atoms with van der Waals surface area (Å²) in [6, 6.07) is 18.5. The van der Waals surface area contributed by atoms with Crippen LogP contribution in [0.4, 0.5) is 14.9 Å². The summed E-state index contributed by atoms with van der Waals surface area (Å²) in [6.07, 6.45) is 2.96. The molecule has 2 amide bonds. The van der Waals surface area contributed by atoms with E-state index in [2.05, 4.69) is 15.7 Å². The van der Waals surface area contributed by atoms with Gasteiger partial charge in [-0.2, -0.15) is 9.78 Å². The van der Waals surface area contributed by atoms with E-state index in [1.54, 1.807) is 54.6 Å². The standard InChI is InChI=1S/C28H24ClFN4O3/c29-20-8-6-19(7-9-20)27(36)32-22-12-13-26(35)23(14-22)24-15-25(18-2-1-3-18)34(33-24)28(37)31-16-17-4-10-21(30)11-5-17/h4-15,18,35H,1-3,16H2,(H,31,37)(H,32,36). The van der Waals surface area contributed by atoms with Crippen LogP contribution in [0.2, 0.25) is 5.02 Å². The molecular weight excluding hydrogens is 495 g/mol. The maximum atomic E-state index is 13.2. The first kappa shape index (κ1) is 24.5. The lowest BCUT2D eigenvalue weighted by molar-refractivity contribution is 0.102. The Kier molecular flexibility index (Phi) is 6.92. The third kappa shape index (κ3) is 5.49. The summed E-state index contributed by atoms with van der Waals surface area (Å²) in [5.74, 6) is -0.506. The van der Waals surface area contributed by atoms with Crippen molar-refractivity contribution >= 4 is 29.2 Å².